The van der Waals surface area contributed by atoms with Gasteiger partial charge in [0.1, 0.15) is 12.1 Å². The van der Waals surface area contributed by atoms with E-state index in [2.05, 4.69) is 15.7 Å². The van der Waals surface area contributed by atoms with Gasteiger partial charge < -0.3 is 39.9 Å². The summed E-state index contributed by atoms with van der Waals surface area (Å²) in [4.78, 5) is 80.8. The largest absolute Gasteiger partial charge is 0.481 e. The van der Waals surface area contributed by atoms with Crippen LogP contribution in [0.2, 0.25) is 0 Å². The van der Waals surface area contributed by atoms with Crippen molar-refractivity contribution in [1.82, 2.24) is 35.1 Å². The summed E-state index contributed by atoms with van der Waals surface area (Å²) in [6.07, 6.45) is 2.28. The zero-order valence-electron chi connectivity index (χ0n) is 26.8. The van der Waals surface area contributed by atoms with Crippen LogP contribution in [0.1, 0.15) is 49.5 Å². The first kappa shape index (κ1) is 34.2. The highest BCUT2D eigenvalue weighted by atomic mass is 16.6. The zero-order valence-corrected chi connectivity index (χ0v) is 26.8. The molecule has 1 aromatic heterocycles. The molecule has 16 nitrogen and oxygen atoms in total. The van der Waals surface area contributed by atoms with E-state index >= 15 is 0 Å². The smallest absolute Gasteiger partial charge is 0.409 e. The van der Waals surface area contributed by atoms with E-state index in [0.29, 0.717) is 37.5 Å². The van der Waals surface area contributed by atoms with Crippen molar-refractivity contribution in [1.29, 1.82) is 0 Å². The highest BCUT2D eigenvalue weighted by molar-refractivity contribution is 5.97. The van der Waals surface area contributed by atoms with Crippen LogP contribution < -0.4 is 15.4 Å². The Labute approximate surface area is 277 Å². The van der Waals surface area contributed by atoms with E-state index in [4.69, 9.17) is 9.47 Å². The molecule has 0 spiro atoms. The van der Waals surface area contributed by atoms with Crippen molar-refractivity contribution in [2.75, 3.05) is 52.5 Å². The average Bonchev–Trinajstić information content (AvgIpc) is 3.60. The first-order valence-electron chi connectivity index (χ1n) is 16.2. The molecule has 1 aliphatic carbocycles. The molecule has 5 rings (SSSR count). The molecule has 0 radical (unpaired) electrons. The predicted octanol–water partition coefficient (Wildman–Crippen LogP) is 0.642. The maximum absolute atomic E-state index is 13.4. The minimum atomic E-state index is -1.41. The molecule has 3 N–H and O–H groups in total. The summed E-state index contributed by atoms with van der Waals surface area (Å²) in [5.41, 5.74) is 0.352. The number of hydrogen-bond acceptors (Lipinski definition) is 9. The number of rotatable bonds is 13. The van der Waals surface area contributed by atoms with Crippen molar-refractivity contribution in [2.45, 2.75) is 51.1 Å². The van der Waals surface area contributed by atoms with Gasteiger partial charge in [0.15, 0.2) is 12.3 Å². The van der Waals surface area contributed by atoms with E-state index in [1.165, 1.54) is 25.4 Å². The monoisotopic (exact) mass is 667 g/mol. The van der Waals surface area contributed by atoms with E-state index in [-0.39, 0.29) is 56.2 Å². The summed E-state index contributed by atoms with van der Waals surface area (Å²) in [7, 11) is 0. The Kier molecular flexibility index (Phi) is 11.1. The molecule has 0 unspecified atom stereocenters. The molecule has 2 saturated heterocycles. The molecule has 258 valence electrons. The second kappa shape index (κ2) is 15.6. The second-order valence-electron chi connectivity index (χ2n) is 12.0. The molecule has 3 heterocycles. The second-order valence-corrected chi connectivity index (χ2v) is 12.0. The molecule has 16 heteroatoms. The molecule has 0 bridgehead atoms. The van der Waals surface area contributed by atoms with Crippen LogP contribution in [0, 0.1) is 5.92 Å². The number of nitrogens with zero attached hydrogens (tertiary/aromatic N) is 5. The summed E-state index contributed by atoms with van der Waals surface area (Å²) in [6, 6.07) is 8.06. The number of carbonyl (C=O) groups excluding carboxylic acids is 5. The van der Waals surface area contributed by atoms with Crippen molar-refractivity contribution in [2.24, 2.45) is 5.92 Å². The highest BCUT2D eigenvalue weighted by Gasteiger charge is 2.36. The molecule has 2 atom stereocenters. The Hall–Kier alpha value is -5.15. The number of hydrogen-bond donors (Lipinski definition) is 3. The van der Waals surface area contributed by atoms with E-state index < -0.39 is 49.0 Å². The number of carbonyl (C=O) groups is 6. The summed E-state index contributed by atoms with van der Waals surface area (Å²) in [5, 5.41) is 19.3. The molecular formula is C32H41N7O9. The summed E-state index contributed by atoms with van der Waals surface area (Å²) >= 11 is 0. The molecule has 1 saturated carbocycles. The van der Waals surface area contributed by atoms with Crippen molar-refractivity contribution < 1.29 is 43.3 Å². The molecule has 2 aliphatic heterocycles. The van der Waals surface area contributed by atoms with Crippen molar-refractivity contribution in [3.05, 3.63) is 42.1 Å². The van der Waals surface area contributed by atoms with Crippen LogP contribution in [-0.2, 0) is 23.9 Å². The van der Waals surface area contributed by atoms with Crippen LogP contribution in [-0.4, -0.2) is 130 Å². The number of aliphatic carboxylic acids is 1. The Bertz CT molecular complexity index is 1500. The lowest BCUT2D eigenvalue weighted by atomic mass is 10.1. The number of nitrogens with one attached hydrogen (secondary N) is 2. The summed E-state index contributed by atoms with van der Waals surface area (Å²) in [6.45, 7) is 3.19. The summed E-state index contributed by atoms with van der Waals surface area (Å²) < 4.78 is 12.2. The van der Waals surface area contributed by atoms with Gasteiger partial charge in [0.25, 0.3) is 11.8 Å². The van der Waals surface area contributed by atoms with Crippen LogP contribution >= 0.6 is 0 Å². The van der Waals surface area contributed by atoms with Crippen molar-refractivity contribution in [3.8, 4) is 11.6 Å². The maximum Gasteiger partial charge on any atom is 0.409 e. The van der Waals surface area contributed by atoms with Crippen LogP contribution in [0.4, 0.5) is 4.79 Å². The fraction of sp³-hybridized carbons (Fsp3) is 0.531. The Morgan fingerprint density at radius 1 is 0.979 bits per heavy atom. The Morgan fingerprint density at radius 2 is 1.69 bits per heavy atom. The SMILES string of the molecule is CCOC(=O)N1CCN(C(=O)[C@H](CC(=O)O)NC(=O)c2cc(OCC(=O)N3CCC[C@H]3C(=O)NCC3CC3)n(-c3ccccc3)n2)CC1. The number of carboxylic acids is 1. The summed E-state index contributed by atoms with van der Waals surface area (Å²) in [5.74, 6) is -2.72. The van der Waals surface area contributed by atoms with Gasteiger partial charge in [-0.05, 0) is 50.7 Å². The van der Waals surface area contributed by atoms with Crippen molar-refractivity contribution in [3.63, 3.8) is 0 Å². The van der Waals surface area contributed by atoms with Gasteiger partial charge >= 0.3 is 12.1 Å². The minimum absolute atomic E-state index is 0.0600. The number of piperazine rings is 1. The van der Waals surface area contributed by atoms with Crippen LogP contribution in [0.5, 0.6) is 5.88 Å². The number of amides is 5. The van der Waals surface area contributed by atoms with Crippen molar-refractivity contribution >= 4 is 35.7 Å². The lowest BCUT2D eigenvalue weighted by Gasteiger charge is -2.35. The predicted molar refractivity (Wildman–Crippen MR) is 168 cm³/mol. The third-order valence-electron chi connectivity index (χ3n) is 8.49. The Morgan fingerprint density at radius 3 is 2.35 bits per heavy atom. The van der Waals surface area contributed by atoms with Gasteiger partial charge in [-0.25, -0.2) is 9.48 Å². The number of para-hydroxylation sites is 1. The van der Waals surface area contributed by atoms with E-state index in [1.54, 1.807) is 37.3 Å². The number of ether oxygens (including phenoxy) is 2. The van der Waals surface area contributed by atoms with E-state index in [0.717, 1.165) is 12.8 Å². The molecule has 2 aromatic rings. The first-order valence-corrected chi connectivity index (χ1v) is 16.2. The van der Waals surface area contributed by atoms with Gasteiger partial charge in [-0.3, -0.25) is 24.0 Å². The molecule has 3 fully saturated rings. The Balaban J connectivity index is 1.26. The van der Waals surface area contributed by atoms with Gasteiger partial charge in [0.05, 0.1) is 18.7 Å². The van der Waals surface area contributed by atoms with Gasteiger partial charge in [-0.2, -0.15) is 5.10 Å². The number of benzene rings is 1. The molecule has 1 aromatic carbocycles. The zero-order chi connectivity index (χ0) is 34.2. The van der Waals surface area contributed by atoms with Gasteiger partial charge in [-0.1, -0.05) is 18.2 Å². The lowest BCUT2D eigenvalue weighted by Crippen LogP contribution is -2.56. The average molecular weight is 668 g/mol. The van der Waals surface area contributed by atoms with E-state index in [9.17, 15) is 33.9 Å². The lowest BCUT2D eigenvalue weighted by molar-refractivity contribution is -0.143. The number of aromatic nitrogens is 2. The third-order valence-corrected chi connectivity index (χ3v) is 8.49. The molecule has 3 aliphatic rings. The molecular weight excluding hydrogens is 626 g/mol. The number of likely N-dealkylation sites (tertiary alicyclic amines) is 1. The van der Waals surface area contributed by atoms with Crippen LogP contribution in [0.15, 0.2) is 36.4 Å². The van der Waals surface area contributed by atoms with Gasteiger partial charge in [-0.15, -0.1) is 0 Å². The quantitative estimate of drug-likeness (QED) is 0.273. The fourth-order valence-corrected chi connectivity index (χ4v) is 5.72. The maximum atomic E-state index is 13.4. The van der Waals surface area contributed by atoms with E-state index in [1.807, 2.05) is 0 Å². The third kappa shape index (κ3) is 8.60. The normalized spacial score (nSPS) is 18.2. The number of carboxylic acid groups (broad SMARTS) is 1. The van der Waals surface area contributed by atoms with Crippen LogP contribution in [0.25, 0.3) is 5.69 Å². The molecule has 5 amide bonds. The highest BCUT2D eigenvalue weighted by Crippen LogP contribution is 2.28. The fourth-order valence-electron chi connectivity index (χ4n) is 5.72. The van der Waals surface area contributed by atoms with Gasteiger partial charge in [0, 0.05) is 45.3 Å². The van der Waals surface area contributed by atoms with Crippen LogP contribution in [0.3, 0.4) is 0 Å². The topological polar surface area (TPSA) is 193 Å². The standard InChI is InChI=1S/C32H41N7O9/c1-2-47-32(46)37-15-13-36(14-16-37)31(45)24(18-28(41)42)34-29(43)23-17-27(39(35-23)22-7-4-3-5-8-22)48-20-26(40)38-12-6-9-25(38)30(44)33-19-21-10-11-21/h3-5,7-8,17,21,24-25H,2,6,9-16,18-20H2,1H3,(H,33,44)(H,34,43)(H,41,42)/t24-,25-/m0/s1. The first-order chi connectivity index (χ1) is 23.1. The molecule has 48 heavy (non-hydrogen) atoms. The van der Waals surface area contributed by atoms with Gasteiger partial charge in [0.2, 0.25) is 17.7 Å². The minimum Gasteiger partial charge on any atom is -0.481 e.